The van der Waals surface area contributed by atoms with Gasteiger partial charge in [-0.15, -0.1) is 0 Å². The topological polar surface area (TPSA) is 49.8 Å². The fraction of sp³-hybridized carbons (Fsp3) is 0.444. The van der Waals surface area contributed by atoms with Gasteiger partial charge in [0, 0.05) is 28.5 Å². The number of aromatic nitrogens is 2. The highest BCUT2D eigenvalue weighted by Gasteiger charge is 2.26. The van der Waals surface area contributed by atoms with Gasteiger partial charge in [-0.25, -0.2) is 4.98 Å². The second kappa shape index (κ2) is 6.48. The van der Waals surface area contributed by atoms with Gasteiger partial charge in [0.05, 0.1) is 5.69 Å². The van der Waals surface area contributed by atoms with Crippen molar-refractivity contribution in [3.63, 3.8) is 0 Å². The number of anilines is 2. The first-order valence-electron chi connectivity index (χ1n) is 8.05. The van der Waals surface area contributed by atoms with E-state index in [0.717, 1.165) is 22.5 Å². The molecule has 1 saturated carbocycles. The molecule has 0 radical (unpaired) electrons. The van der Waals surface area contributed by atoms with Crippen molar-refractivity contribution in [1.82, 2.24) is 9.97 Å². The highest BCUT2D eigenvalue weighted by atomic mass is 79.9. The largest absolute Gasteiger partial charge is 0.366 e. The van der Waals surface area contributed by atoms with E-state index in [1.54, 1.807) is 0 Å². The van der Waals surface area contributed by atoms with Crippen LogP contribution in [0.2, 0.25) is 0 Å². The highest BCUT2D eigenvalue weighted by Crippen LogP contribution is 2.40. The van der Waals surface area contributed by atoms with Crippen molar-refractivity contribution < 1.29 is 0 Å². The first-order chi connectivity index (χ1) is 10.9. The molecule has 0 spiro atoms. The van der Waals surface area contributed by atoms with Crippen molar-refractivity contribution in [2.45, 2.75) is 51.6 Å². The number of benzene rings is 1. The molecule has 0 aliphatic heterocycles. The Bertz CT molecular complexity index is 690. The molecular formula is C18H23BrN4. The maximum atomic E-state index is 4.68. The molecule has 0 unspecified atom stereocenters. The second-order valence-electron chi connectivity index (χ2n) is 7.10. The van der Waals surface area contributed by atoms with E-state index < -0.39 is 0 Å². The van der Waals surface area contributed by atoms with Crippen molar-refractivity contribution in [1.29, 1.82) is 0 Å². The lowest BCUT2D eigenvalue weighted by Gasteiger charge is -2.21. The summed E-state index contributed by atoms with van der Waals surface area (Å²) in [6, 6.07) is 10.3. The summed E-state index contributed by atoms with van der Waals surface area (Å²) in [5.74, 6) is 2.18. The standard InChI is InChI=1S/C18H23BrN4/c1-18(2,3)23-17-21-15(12-8-9-12)10-16(22-17)20-11-13-6-4-5-7-14(13)19/h4-7,10,12H,8-9,11H2,1-3H3,(H2,20,21,22,23). The number of halogens is 1. The van der Waals surface area contributed by atoms with Gasteiger partial charge in [0.1, 0.15) is 5.82 Å². The predicted molar refractivity (Wildman–Crippen MR) is 98.9 cm³/mol. The SMILES string of the molecule is CC(C)(C)Nc1nc(NCc2ccccc2Br)cc(C2CC2)n1. The Labute approximate surface area is 146 Å². The summed E-state index contributed by atoms with van der Waals surface area (Å²) in [5.41, 5.74) is 2.30. The molecule has 0 atom stereocenters. The lowest BCUT2D eigenvalue weighted by Crippen LogP contribution is -2.27. The van der Waals surface area contributed by atoms with Crippen LogP contribution in [0.5, 0.6) is 0 Å². The van der Waals surface area contributed by atoms with E-state index in [0.29, 0.717) is 11.9 Å². The van der Waals surface area contributed by atoms with E-state index in [9.17, 15) is 0 Å². The van der Waals surface area contributed by atoms with Crippen LogP contribution in [0.25, 0.3) is 0 Å². The summed E-state index contributed by atoms with van der Waals surface area (Å²) in [7, 11) is 0. The molecule has 1 heterocycles. The molecule has 23 heavy (non-hydrogen) atoms. The second-order valence-corrected chi connectivity index (χ2v) is 7.95. The van der Waals surface area contributed by atoms with Crippen molar-refractivity contribution in [2.24, 2.45) is 0 Å². The van der Waals surface area contributed by atoms with Crippen LogP contribution in [-0.2, 0) is 6.54 Å². The zero-order chi connectivity index (χ0) is 16.4. The van der Waals surface area contributed by atoms with Crippen LogP contribution in [0.3, 0.4) is 0 Å². The lowest BCUT2D eigenvalue weighted by atomic mass is 10.1. The monoisotopic (exact) mass is 374 g/mol. The van der Waals surface area contributed by atoms with Crippen molar-refractivity contribution in [2.75, 3.05) is 10.6 Å². The van der Waals surface area contributed by atoms with Crippen molar-refractivity contribution in [3.8, 4) is 0 Å². The third-order valence-corrected chi connectivity index (χ3v) is 4.42. The molecule has 122 valence electrons. The van der Waals surface area contributed by atoms with Crippen LogP contribution >= 0.6 is 15.9 Å². The van der Waals surface area contributed by atoms with Crippen LogP contribution in [0.1, 0.15) is 50.8 Å². The molecule has 5 heteroatoms. The van der Waals surface area contributed by atoms with Gasteiger partial charge in [-0.2, -0.15) is 4.98 Å². The van der Waals surface area contributed by atoms with E-state index >= 15 is 0 Å². The number of nitrogens with zero attached hydrogens (tertiary/aromatic N) is 2. The van der Waals surface area contributed by atoms with E-state index in [1.165, 1.54) is 18.4 Å². The Morgan fingerprint density at radius 3 is 2.57 bits per heavy atom. The van der Waals surface area contributed by atoms with E-state index in [2.05, 4.69) is 75.5 Å². The molecule has 4 nitrogen and oxygen atoms in total. The normalized spacial score (nSPS) is 14.6. The number of rotatable bonds is 5. The molecule has 1 aromatic carbocycles. The molecule has 1 fully saturated rings. The Morgan fingerprint density at radius 2 is 1.91 bits per heavy atom. The maximum Gasteiger partial charge on any atom is 0.225 e. The van der Waals surface area contributed by atoms with Gasteiger partial charge in [0.15, 0.2) is 0 Å². The average Bonchev–Trinajstić information content (AvgIpc) is 3.29. The minimum absolute atomic E-state index is 0.0537. The fourth-order valence-corrected chi connectivity index (χ4v) is 2.79. The van der Waals surface area contributed by atoms with E-state index in [-0.39, 0.29) is 5.54 Å². The minimum Gasteiger partial charge on any atom is -0.366 e. The Balaban J connectivity index is 1.79. The molecule has 0 saturated heterocycles. The molecule has 3 rings (SSSR count). The zero-order valence-corrected chi connectivity index (χ0v) is 15.4. The Morgan fingerprint density at radius 1 is 1.17 bits per heavy atom. The molecule has 1 aromatic heterocycles. The summed E-state index contributed by atoms with van der Waals surface area (Å²) in [4.78, 5) is 9.31. The summed E-state index contributed by atoms with van der Waals surface area (Å²) in [6.07, 6.45) is 2.46. The average molecular weight is 375 g/mol. The molecule has 1 aliphatic rings. The van der Waals surface area contributed by atoms with Gasteiger partial charge in [0.2, 0.25) is 5.95 Å². The van der Waals surface area contributed by atoms with Crippen molar-refractivity contribution in [3.05, 3.63) is 46.1 Å². The third kappa shape index (κ3) is 4.67. The molecule has 2 aromatic rings. The van der Waals surface area contributed by atoms with E-state index in [4.69, 9.17) is 0 Å². The van der Waals surface area contributed by atoms with Gasteiger partial charge >= 0.3 is 0 Å². The Hall–Kier alpha value is -1.62. The van der Waals surface area contributed by atoms with Crippen LogP contribution in [0, 0.1) is 0 Å². The van der Waals surface area contributed by atoms with Gasteiger partial charge in [-0.05, 0) is 45.2 Å². The first-order valence-corrected chi connectivity index (χ1v) is 8.84. The number of hydrogen-bond donors (Lipinski definition) is 2. The summed E-state index contributed by atoms with van der Waals surface area (Å²) >= 11 is 3.59. The smallest absolute Gasteiger partial charge is 0.225 e. The van der Waals surface area contributed by atoms with Crippen molar-refractivity contribution >= 4 is 27.7 Å². The van der Waals surface area contributed by atoms with Gasteiger partial charge < -0.3 is 10.6 Å². The summed E-state index contributed by atoms with van der Waals surface area (Å²) in [5, 5.41) is 6.81. The summed E-state index contributed by atoms with van der Waals surface area (Å²) in [6.45, 7) is 7.09. The maximum absolute atomic E-state index is 4.68. The van der Waals surface area contributed by atoms with Crippen LogP contribution in [-0.4, -0.2) is 15.5 Å². The number of nitrogens with one attached hydrogen (secondary N) is 2. The molecule has 0 bridgehead atoms. The molecule has 2 N–H and O–H groups in total. The molecule has 1 aliphatic carbocycles. The fourth-order valence-electron chi connectivity index (χ4n) is 2.36. The first kappa shape index (κ1) is 16.2. The van der Waals surface area contributed by atoms with Gasteiger partial charge in [-0.3, -0.25) is 0 Å². The van der Waals surface area contributed by atoms with Gasteiger partial charge in [0.25, 0.3) is 0 Å². The van der Waals surface area contributed by atoms with Crippen LogP contribution in [0.4, 0.5) is 11.8 Å². The summed E-state index contributed by atoms with van der Waals surface area (Å²) < 4.78 is 1.11. The quantitative estimate of drug-likeness (QED) is 0.777. The lowest BCUT2D eigenvalue weighted by molar-refractivity contribution is 0.625. The van der Waals surface area contributed by atoms with Gasteiger partial charge in [-0.1, -0.05) is 34.1 Å². The Kier molecular flexibility index (Phi) is 4.57. The van der Waals surface area contributed by atoms with Crippen LogP contribution in [0.15, 0.2) is 34.8 Å². The minimum atomic E-state index is -0.0537. The highest BCUT2D eigenvalue weighted by molar-refractivity contribution is 9.10. The number of hydrogen-bond acceptors (Lipinski definition) is 4. The zero-order valence-electron chi connectivity index (χ0n) is 13.9. The van der Waals surface area contributed by atoms with Crippen LogP contribution < -0.4 is 10.6 Å². The predicted octanol–water partition coefficient (Wildman–Crippen LogP) is 4.94. The molecule has 0 amide bonds. The molecular weight excluding hydrogens is 352 g/mol. The van der Waals surface area contributed by atoms with E-state index in [1.807, 2.05) is 12.1 Å². The third-order valence-electron chi connectivity index (χ3n) is 3.65.